The Balaban J connectivity index is 1.91. The van der Waals surface area contributed by atoms with Gasteiger partial charge in [0.2, 0.25) is 0 Å². The molecule has 2 aromatic carbocycles. The Bertz CT molecular complexity index is 996. The van der Waals surface area contributed by atoms with Crippen LogP contribution >= 0.6 is 11.8 Å². The number of nitrogens with zero attached hydrogens (tertiary/aromatic N) is 2. The van der Waals surface area contributed by atoms with Crippen molar-refractivity contribution in [2.24, 2.45) is 5.73 Å². The lowest BCUT2D eigenvalue weighted by Crippen LogP contribution is -2.02. The van der Waals surface area contributed by atoms with Gasteiger partial charge in [-0.1, -0.05) is 30.0 Å². The highest BCUT2D eigenvalue weighted by molar-refractivity contribution is 8.03. The first-order valence-corrected chi connectivity index (χ1v) is 8.95. The van der Waals surface area contributed by atoms with Gasteiger partial charge in [0.05, 0.1) is 10.6 Å². The van der Waals surface area contributed by atoms with Gasteiger partial charge in [-0.15, -0.1) is 0 Å². The highest BCUT2D eigenvalue weighted by Gasteiger charge is 2.14. The summed E-state index contributed by atoms with van der Waals surface area (Å²) in [6.07, 6.45) is 2.42. The predicted octanol–water partition coefficient (Wildman–Crippen LogP) is 3.81. The molecule has 0 radical (unpaired) electrons. The SMILES string of the molecule is N#C/C(=C(\N)Sc1ccc(O)cc1)c1cccc(C(O)c2ccncc2)c1. The summed E-state index contributed by atoms with van der Waals surface area (Å²) < 4.78 is 0. The maximum atomic E-state index is 10.6. The van der Waals surface area contributed by atoms with Crippen molar-refractivity contribution in [3.05, 3.63) is 94.8 Å². The number of hydrogen-bond acceptors (Lipinski definition) is 6. The standard InChI is InChI=1S/C21H17N3O2S/c22-13-19(21(23)27-18-6-4-17(25)5-7-18)15-2-1-3-16(12-15)20(26)14-8-10-24-11-9-14/h1-12,20,25-26H,23H2/b21-19-. The molecule has 27 heavy (non-hydrogen) atoms. The molecule has 1 heterocycles. The van der Waals surface area contributed by atoms with Crippen molar-refractivity contribution < 1.29 is 10.2 Å². The van der Waals surface area contributed by atoms with Crippen LogP contribution in [0.4, 0.5) is 0 Å². The molecule has 3 aromatic rings. The van der Waals surface area contributed by atoms with Crippen LogP contribution in [0.3, 0.4) is 0 Å². The second-order valence-corrected chi connectivity index (χ2v) is 6.87. The molecule has 0 saturated carbocycles. The molecule has 4 N–H and O–H groups in total. The van der Waals surface area contributed by atoms with E-state index in [-0.39, 0.29) is 5.75 Å². The van der Waals surface area contributed by atoms with Gasteiger partial charge >= 0.3 is 0 Å². The van der Waals surface area contributed by atoms with Crippen molar-refractivity contribution >= 4 is 17.3 Å². The highest BCUT2D eigenvalue weighted by atomic mass is 32.2. The van der Waals surface area contributed by atoms with Crippen LogP contribution < -0.4 is 5.73 Å². The quantitative estimate of drug-likeness (QED) is 0.463. The summed E-state index contributed by atoms with van der Waals surface area (Å²) in [5, 5.41) is 29.9. The van der Waals surface area contributed by atoms with E-state index in [9.17, 15) is 15.5 Å². The minimum absolute atomic E-state index is 0.167. The topological polar surface area (TPSA) is 103 Å². The Morgan fingerprint density at radius 3 is 2.41 bits per heavy atom. The number of rotatable bonds is 5. The number of thioether (sulfide) groups is 1. The fourth-order valence-electron chi connectivity index (χ4n) is 2.56. The molecule has 134 valence electrons. The lowest BCUT2D eigenvalue weighted by molar-refractivity contribution is 0.220. The Kier molecular flexibility index (Phi) is 5.77. The van der Waals surface area contributed by atoms with Gasteiger partial charge in [0, 0.05) is 17.3 Å². The summed E-state index contributed by atoms with van der Waals surface area (Å²) >= 11 is 1.24. The van der Waals surface area contributed by atoms with Crippen LogP contribution in [0.2, 0.25) is 0 Å². The van der Waals surface area contributed by atoms with Gasteiger partial charge in [-0.05, 0) is 59.2 Å². The zero-order valence-electron chi connectivity index (χ0n) is 14.3. The first kappa shape index (κ1) is 18.5. The van der Waals surface area contributed by atoms with E-state index >= 15 is 0 Å². The maximum Gasteiger partial charge on any atom is 0.115 e. The van der Waals surface area contributed by atoms with E-state index in [0.717, 1.165) is 10.5 Å². The van der Waals surface area contributed by atoms with Crippen LogP contribution in [-0.2, 0) is 0 Å². The molecule has 0 spiro atoms. The number of phenolic OH excluding ortho intramolecular Hbond substituents is 1. The number of pyridine rings is 1. The van der Waals surface area contributed by atoms with Crippen molar-refractivity contribution in [3.8, 4) is 11.8 Å². The van der Waals surface area contributed by atoms with Gasteiger partial charge in [-0.25, -0.2) is 0 Å². The Labute approximate surface area is 161 Å². The molecule has 6 heteroatoms. The second kappa shape index (κ2) is 8.41. The van der Waals surface area contributed by atoms with E-state index in [1.165, 1.54) is 11.8 Å². The van der Waals surface area contributed by atoms with E-state index in [1.807, 2.05) is 0 Å². The molecule has 0 aliphatic carbocycles. The smallest absolute Gasteiger partial charge is 0.115 e. The Hall–Kier alpha value is -3.27. The van der Waals surface area contributed by atoms with E-state index in [0.29, 0.717) is 21.7 Å². The van der Waals surface area contributed by atoms with Crippen LogP contribution in [0.15, 0.2) is 83.0 Å². The first-order chi connectivity index (χ1) is 13.1. The Morgan fingerprint density at radius 1 is 1.04 bits per heavy atom. The van der Waals surface area contributed by atoms with Crippen molar-refractivity contribution in [2.75, 3.05) is 0 Å². The number of aliphatic hydroxyl groups is 1. The van der Waals surface area contributed by atoms with E-state index in [4.69, 9.17) is 5.73 Å². The van der Waals surface area contributed by atoms with E-state index in [2.05, 4.69) is 11.1 Å². The molecule has 0 bridgehead atoms. The van der Waals surface area contributed by atoms with Crippen LogP contribution in [-0.4, -0.2) is 15.2 Å². The second-order valence-electron chi connectivity index (χ2n) is 5.76. The summed E-state index contributed by atoms with van der Waals surface area (Å²) in [5.74, 6) is 0.167. The summed E-state index contributed by atoms with van der Waals surface area (Å²) in [6.45, 7) is 0. The number of allylic oxidation sites excluding steroid dienone is 1. The van der Waals surface area contributed by atoms with Crippen LogP contribution in [0.25, 0.3) is 5.57 Å². The number of hydrogen-bond donors (Lipinski definition) is 3. The first-order valence-electron chi connectivity index (χ1n) is 8.13. The average molecular weight is 375 g/mol. The molecule has 0 fully saturated rings. The molecule has 1 atom stereocenters. The van der Waals surface area contributed by atoms with Gasteiger partial charge in [-0.3, -0.25) is 4.98 Å². The zero-order chi connectivity index (χ0) is 19.2. The minimum atomic E-state index is -0.820. The summed E-state index contributed by atoms with van der Waals surface area (Å²) in [5.41, 5.74) is 8.50. The molecule has 0 aliphatic rings. The third-order valence-electron chi connectivity index (χ3n) is 3.94. The third-order valence-corrected chi connectivity index (χ3v) is 4.87. The molecule has 0 amide bonds. The average Bonchev–Trinajstić information content (AvgIpc) is 2.70. The molecule has 1 aromatic heterocycles. The number of aromatic hydroxyl groups is 1. The molecule has 0 aliphatic heterocycles. The van der Waals surface area contributed by atoms with Crippen molar-refractivity contribution in [1.82, 2.24) is 4.98 Å². The molecular formula is C21H17N3O2S. The van der Waals surface area contributed by atoms with Crippen molar-refractivity contribution in [2.45, 2.75) is 11.0 Å². The largest absolute Gasteiger partial charge is 0.508 e. The zero-order valence-corrected chi connectivity index (χ0v) is 15.1. The monoisotopic (exact) mass is 375 g/mol. The van der Waals surface area contributed by atoms with Crippen LogP contribution in [0.1, 0.15) is 22.8 Å². The van der Waals surface area contributed by atoms with Crippen LogP contribution in [0, 0.1) is 11.3 Å². The summed E-state index contributed by atoms with van der Waals surface area (Å²) in [7, 11) is 0. The van der Waals surface area contributed by atoms with Gasteiger partial charge in [0.25, 0.3) is 0 Å². The number of benzene rings is 2. The molecule has 3 rings (SSSR count). The normalized spacial score (nSPS) is 12.7. The molecule has 0 saturated heterocycles. The van der Waals surface area contributed by atoms with Gasteiger partial charge in [0.1, 0.15) is 17.9 Å². The van der Waals surface area contributed by atoms with Crippen molar-refractivity contribution in [3.63, 3.8) is 0 Å². The van der Waals surface area contributed by atoms with Gasteiger partial charge in [-0.2, -0.15) is 5.26 Å². The molecule has 5 nitrogen and oxygen atoms in total. The lowest BCUT2D eigenvalue weighted by Gasteiger charge is -2.13. The molecular weight excluding hydrogens is 358 g/mol. The number of aromatic nitrogens is 1. The van der Waals surface area contributed by atoms with E-state index in [1.54, 1.807) is 73.1 Å². The fourth-order valence-corrected chi connectivity index (χ4v) is 3.35. The highest BCUT2D eigenvalue weighted by Crippen LogP contribution is 2.31. The summed E-state index contributed by atoms with van der Waals surface area (Å²) in [6, 6.07) is 19.3. The lowest BCUT2D eigenvalue weighted by atomic mass is 9.98. The van der Waals surface area contributed by atoms with Crippen LogP contribution in [0.5, 0.6) is 5.75 Å². The van der Waals surface area contributed by atoms with Gasteiger partial charge < -0.3 is 15.9 Å². The Morgan fingerprint density at radius 2 is 1.74 bits per heavy atom. The summed E-state index contributed by atoms with van der Waals surface area (Å²) in [4.78, 5) is 4.76. The van der Waals surface area contributed by atoms with Gasteiger partial charge in [0.15, 0.2) is 0 Å². The van der Waals surface area contributed by atoms with E-state index < -0.39 is 6.10 Å². The third kappa shape index (κ3) is 4.47. The number of nitrogens with two attached hydrogens (primary N) is 1. The fraction of sp³-hybridized carbons (Fsp3) is 0.0476. The minimum Gasteiger partial charge on any atom is -0.508 e. The number of phenols is 1. The maximum absolute atomic E-state index is 10.6. The number of nitriles is 1. The number of aliphatic hydroxyl groups excluding tert-OH is 1. The van der Waals surface area contributed by atoms with Crippen molar-refractivity contribution in [1.29, 1.82) is 5.26 Å². The molecule has 1 unspecified atom stereocenters. The predicted molar refractivity (Wildman–Crippen MR) is 105 cm³/mol.